The number of aliphatic hydroxyl groups excluding tert-OH is 1. The largest absolute Gasteiger partial charge is 0.496 e. The van der Waals surface area contributed by atoms with Crippen LogP contribution in [0.25, 0.3) is 0 Å². The molecule has 0 bridgehead atoms. The minimum absolute atomic E-state index is 0.216. The number of hydrogen-bond acceptors (Lipinski definition) is 5. The topological polar surface area (TPSA) is 93.6 Å². The Hall–Kier alpha value is -1.86. The summed E-state index contributed by atoms with van der Waals surface area (Å²) >= 11 is 0. The molecule has 0 aromatic carbocycles. The highest BCUT2D eigenvalue weighted by Crippen LogP contribution is 2.29. The van der Waals surface area contributed by atoms with E-state index in [1.807, 2.05) is 0 Å². The van der Waals surface area contributed by atoms with Crippen molar-refractivity contribution >= 4 is 0 Å². The van der Waals surface area contributed by atoms with Crippen LogP contribution in [0.1, 0.15) is 18.2 Å². The maximum atomic E-state index is 11.7. The van der Waals surface area contributed by atoms with Crippen LogP contribution in [0.2, 0.25) is 0 Å². The summed E-state index contributed by atoms with van der Waals surface area (Å²) in [5, 5.41) is 9.21. The van der Waals surface area contributed by atoms with Crippen LogP contribution in [0.5, 0.6) is 0 Å². The van der Waals surface area contributed by atoms with Crippen molar-refractivity contribution in [2.24, 2.45) is 0 Å². The second-order valence-electron chi connectivity index (χ2n) is 4.37. The van der Waals surface area contributed by atoms with Gasteiger partial charge in [-0.05, 0) is 6.92 Å². The molecule has 7 nitrogen and oxygen atoms in total. The molecule has 0 saturated carbocycles. The average molecular weight is 268 g/mol. The van der Waals surface area contributed by atoms with Crippen molar-refractivity contribution in [3.63, 3.8) is 0 Å². The van der Waals surface area contributed by atoms with Gasteiger partial charge < -0.3 is 14.6 Å². The van der Waals surface area contributed by atoms with Gasteiger partial charge in [-0.2, -0.15) is 0 Å². The quantitative estimate of drug-likeness (QED) is 0.728. The second-order valence-corrected chi connectivity index (χ2v) is 4.37. The number of rotatable bonds is 4. The van der Waals surface area contributed by atoms with Gasteiger partial charge in [-0.15, -0.1) is 0 Å². The average Bonchev–Trinajstić information content (AvgIpc) is 2.77. The van der Waals surface area contributed by atoms with Crippen molar-refractivity contribution in [1.29, 1.82) is 0 Å². The molecule has 0 aliphatic carbocycles. The van der Waals surface area contributed by atoms with Crippen LogP contribution in [0.3, 0.4) is 0 Å². The molecule has 1 aliphatic heterocycles. The molecular formula is C12H16N2O5. The van der Waals surface area contributed by atoms with Gasteiger partial charge >= 0.3 is 5.69 Å². The number of aromatic nitrogens is 2. The molecule has 0 radical (unpaired) electrons. The van der Waals surface area contributed by atoms with Crippen LogP contribution in [-0.4, -0.2) is 33.5 Å². The first-order valence-corrected chi connectivity index (χ1v) is 5.91. The lowest BCUT2D eigenvalue weighted by Gasteiger charge is -2.15. The standard InChI is InChI=1S/C12H16N2O5/c1-3-18-8-4-10(19-9(8)6-15)14-5-7(2)11(16)13-12(14)17/h3,5,8-10,15H,1,4,6H2,2H3,(H,13,16,17)/t8-,9-,10-/m1/s1. The van der Waals surface area contributed by atoms with Crippen LogP contribution in [-0.2, 0) is 9.47 Å². The fraction of sp³-hybridized carbons (Fsp3) is 0.500. The predicted octanol–water partition coefficient (Wildman–Crippen LogP) is -0.346. The summed E-state index contributed by atoms with van der Waals surface area (Å²) in [5.41, 5.74) is -0.551. The Morgan fingerprint density at radius 2 is 2.42 bits per heavy atom. The summed E-state index contributed by atoms with van der Waals surface area (Å²) < 4.78 is 12.1. The van der Waals surface area contributed by atoms with E-state index in [1.165, 1.54) is 17.0 Å². The molecular weight excluding hydrogens is 252 g/mol. The van der Waals surface area contributed by atoms with E-state index in [1.54, 1.807) is 6.92 Å². The molecule has 1 aromatic rings. The number of hydrogen-bond donors (Lipinski definition) is 2. The van der Waals surface area contributed by atoms with Crippen molar-refractivity contribution in [2.75, 3.05) is 6.61 Å². The smallest absolute Gasteiger partial charge is 0.330 e. The van der Waals surface area contributed by atoms with E-state index in [0.717, 1.165) is 0 Å². The third-order valence-electron chi connectivity index (χ3n) is 3.09. The van der Waals surface area contributed by atoms with E-state index in [9.17, 15) is 14.7 Å². The van der Waals surface area contributed by atoms with Gasteiger partial charge in [0.15, 0.2) is 0 Å². The highest BCUT2D eigenvalue weighted by atomic mass is 16.6. The molecule has 1 aromatic heterocycles. The summed E-state index contributed by atoms with van der Waals surface area (Å²) in [7, 11) is 0. The van der Waals surface area contributed by atoms with Crippen molar-refractivity contribution < 1.29 is 14.6 Å². The van der Waals surface area contributed by atoms with Gasteiger partial charge in [0.25, 0.3) is 5.56 Å². The van der Waals surface area contributed by atoms with Gasteiger partial charge in [0.2, 0.25) is 0 Å². The first kappa shape index (κ1) is 13.6. The lowest BCUT2D eigenvalue weighted by atomic mass is 10.2. The van der Waals surface area contributed by atoms with E-state index >= 15 is 0 Å². The van der Waals surface area contributed by atoms with Gasteiger partial charge in [-0.25, -0.2) is 4.79 Å². The van der Waals surface area contributed by atoms with Crippen molar-refractivity contribution in [2.45, 2.75) is 31.8 Å². The number of nitrogens with one attached hydrogen (secondary N) is 1. The van der Waals surface area contributed by atoms with E-state index in [2.05, 4.69) is 11.6 Å². The van der Waals surface area contributed by atoms with E-state index < -0.39 is 23.6 Å². The molecule has 0 spiro atoms. The molecule has 104 valence electrons. The summed E-state index contributed by atoms with van der Waals surface area (Å²) in [6.45, 7) is 4.84. The molecule has 1 fully saturated rings. The van der Waals surface area contributed by atoms with Crippen LogP contribution in [0.4, 0.5) is 0 Å². The number of nitrogens with zero attached hydrogens (tertiary/aromatic N) is 1. The zero-order valence-electron chi connectivity index (χ0n) is 10.5. The monoisotopic (exact) mass is 268 g/mol. The molecule has 0 unspecified atom stereocenters. The van der Waals surface area contributed by atoms with Gasteiger partial charge in [-0.3, -0.25) is 14.3 Å². The number of H-pyrrole nitrogens is 1. The minimum atomic E-state index is -0.579. The number of ether oxygens (including phenoxy) is 2. The van der Waals surface area contributed by atoms with Gasteiger partial charge in [-0.1, -0.05) is 6.58 Å². The van der Waals surface area contributed by atoms with E-state index in [0.29, 0.717) is 12.0 Å². The molecule has 7 heteroatoms. The molecule has 2 rings (SSSR count). The van der Waals surface area contributed by atoms with Crippen molar-refractivity contribution in [3.8, 4) is 0 Å². The van der Waals surface area contributed by atoms with E-state index in [-0.39, 0.29) is 12.7 Å². The van der Waals surface area contributed by atoms with Crippen molar-refractivity contribution in [3.05, 3.63) is 45.4 Å². The number of aromatic amines is 1. The lowest BCUT2D eigenvalue weighted by Crippen LogP contribution is -2.33. The molecule has 0 amide bonds. The van der Waals surface area contributed by atoms with Crippen LogP contribution < -0.4 is 11.2 Å². The van der Waals surface area contributed by atoms with E-state index in [4.69, 9.17) is 9.47 Å². The molecule has 2 N–H and O–H groups in total. The highest BCUT2D eigenvalue weighted by molar-refractivity contribution is 5.02. The molecule has 2 heterocycles. The van der Waals surface area contributed by atoms with Crippen LogP contribution in [0.15, 0.2) is 28.6 Å². The Bertz CT molecular complexity index is 576. The van der Waals surface area contributed by atoms with Crippen LogP contribution in [0, 0.1) is 6.92 Å². The SMILES string of the molecule is C=CO[C@@H]1C[C@H](n2cc(C)c(=O)[nH]c2=O)O[C@@H]1CO. The summed E-state index contributed by atoms with van der Waals surface area (Å²) in [6.07, 6.45) is 1.64. The zero-order chi connectivity index (χ0) is 14.0. The fourth-order valence-electron chi connectivity index (χ4n) is 2.10. The predicted molar refractivity (Wildman–Crippen MR) is 66.7 cm³/mol. The highest BCUT2D eigenvalue weighted by Gasteiger charge is 2.37. The zero-order valence-corrected chi connectivity index (χ0v) is 10.5. The molecule has 19 heavy (non-hydrogen) atoms. The Morgan fingerprint density at radius 3 is 3.05 bits per heavy atom. The van der Waals surface area contributed by atoms with Crippen molar-refractivity contribution in [1.82, 2.24) is 9.55 Å². The second kappa shape index (κ2) is 5.41. The molecule has 1 aliphatic rings. The summed E-state index contributed by atoms with van der Waals surface area (Å²) in [5.74, 6) is 0. The Labute approximate surface area is 109 Å². The third kappa shape index (κ3) is 2.61. The first-order chi connectivity index (χ1) is 9.06. The Balaban J connectivity index is 2.29. The normalized spacial score (nSPS) is 26.3. The minimum Gasteiger partial charge on any atom is -0.496 e. The fourth-order valence-corrected chi connectivity index (χ4v) is 2.10. The lowest BCUT2D eigenvalue weighted by molar-refractivity contribution is -0.0480. The van der Waals surface area contributed by atoms with Crippen LogP contribution >= 0.6 is 0 Å². The summed E-state index contributed by atoms with van der Waals surface area (Å²) in [4.78, 5) is 25.3. The third-order valence-corrected chi connectivity index (χ3v) is 3.09. The Kier molecular flexibility index (Phi) is 3.87. The van der Waals surface area contributed by atoms with Gasteiger partial charge in [0, 0.05) is 18.2 Å². The molecule has 3 atom stereocenters. The van der Waals surface area contributed by atoms with Gasteiger partial charge in [0.05, 0.1) is 12.9 Å². The van der Waals surface area contributed by atoms with Gasteiger partial charge in [0.1, 0.15) is 18.4 Å². The Morgan fingerprint density at radius 1 is 1.68 bits per heavy atom. The maximum absolute atomic E-state index is 11.7. The maximum Gasteiger partial charge on any atom is 0.330 e. The summed E-state index contributed by atoms with van der Waals surface area (Å²) in [6, 6.07) is 0. The first-order valence-electron chi connectivity index (χ1n) is 5.91. The number of aryl methyl sites for hydroxylation is 1. The molecule has 1 saturated heterocycles. The number of aliphatic hydroxyl groups is 1.